The molecule has 2 aromatic carbocycles. The van der Waals surface area contributed by atoms with Crippen LogP contribution in [0.25, 0.3) is 0 Å². The zero-order valence-corrected chi connectivity index (χ0v) is 13.9. The normalized spacial score (nSPS) is 16.7. The highest BCUT2D eigenvalue weighted by atomic mass is 16.2. The molecule has 6 heteroatoms. The summed E-state index contributed by atoms with van der Waals surface area (Å²) in [6.07, 6.45) is 1.08. The van der Waals surface area contributed by atoms with Crippen LogP contribution in [0.15, 0.2) is 54.6 Å². The van der Waals surface area contributed by atoms with Gasteiger partial charge in [0.15, 0.2) is 0 Å². The Hall–Kier alpha value is -3.15. The van der Waals surface area contributed by atoms with Gasteiger partial charge >= 0.3 is 6.03 Å². The largest absolute Gasteiger partial charge is 0.326 e. The molecule has 1 unspecified atom stereocenters. The molecule has 25 heavy (non-hydrogen) atoms. The molecule has 1 atom stereocenters. The minimum atomic E-state index is -0.666. The van der Waals surface area contributed by atoms with E-state index in [2.05, 4.69) is 10.6 Å². The molecule has 1 saturated heterocycles. The number of amides is 4. The van der Waals surface area contributed by atoms with Crippen LogP contribution in [0.5, 0.6) is 0 Å². The van der Waals surface area contributed by atoms with E-state index in [9.17, 15) is 14.4 Å². The molecular formula is C19H19N3O3. The number of hydrogen-bond donors (Lipinski definition) is 2. The number of nitrogens with one attached hydrogen (secondary N) is 2. The maximum absolute atomic E-state index is 12.0. The van der Waals surface area contributed by atoms with Gasteiger partial charge < -0.3 is 10.6 Å². The number of anilines is 1. The Labute approximate surface area is 145 Å². The van der Waals surface area contributed by atoms with Gasteiger partial charge in [0.05, 0.1) is 0 Å². The van der Waals surface area contributed by atoms with Crippen LogP contribution in [0.3, 0.4) is 0 Å². The van der Waals surface area contributed by atoms with Crippen molar-refractivity contribution in [2.75, 3.05) is 12.4 Å². The molecule has 2 aromatic rings. The van der Waals surface area contributed by atoms with Gasteiger partial charge in [-0.1, -0.05) is 42.5 Å². The summed E-state index contributed by atoms with van der Waals surface area (Å²) in [5, 5.41) is 5.46. The summed E-state index contributed by atoms with van der Waals surface area (Å²) in [5.41, 5.74) is 2.46. The predicted octanol–water partition coefficient (Wildman–Crippen LogP) is 2.48. The van der Waals surface area contributed by atoms with Crippen LogP contribution < -0.4 is 10.6 Å². The highest BCUT2D eigenvalue weighted by molar-refractivity contribution is 6.04. The number of benzene rings is 2. The smallest absolute Gasteiger partial charge is 0.324 e. The molecule has 1 aliphatic rings. The summed E-state index contributed by atoms with van der Waals surface area (Å²) >= 11 is 0. The van der Waals surface area contributed by atoms with Crippen LogP contribution in [-0.2, 0) is 16.0 Å². The van der Waals surface area contributed by atoms with Crippen LogP contribution in [0.2, 0.25) is 0 Å². The fourth-order valence-electron chi connectivity index (χ4n) is 2.69. The lowest BCUT2D eigenvalue weighted by atomic mass is 10.1. The first-order chi connectivity index (χ1) is 12.0. The fourth-order valence-corrected chi connectivity index (χ4v) is 2.69. The van der Waals surface area contributed by atoms with Gasteiger partial charge in [0, 0.05) is 19.2 Å². The molecule has 1 heterocycles. The summed E-state index contributed by atoms with van der Waals surface area (Å²) in [6, 6.07) is 15.7. The van der Waals surface area contributed by atoms with Gasteiger partial charge in [0.1, 0.15) is 6.04 Å². The average Bonchev–Trinajstić information content (AvgIpc) is 2.89. The summed E-state index contributed by atoms with van der Waals surface area (Å²) < 4.78 is 0. The molecule has 128 valence electrons. The zero-order valence-electron chi connectivity index (χ0n) is 13.9. The Morgan fingerprint density at radius 3 is 2.36 bits per heavy atom. The van der Waals surface area contributed by atoms with E-state index in [0.29, 0.717) is 24.1 Å². The molecule has 4 amide bonds. The van der Waals surface area contributed by atoms with Gasteiger partial charge in [0.25, 0.3) is 5.91 Å². The Morgan fingerprint density at radius 2 is 1.76 bits per heavy atom. The monoisotopic (exact) mass is 337 g/mol. The van der Waals surface area contributed by atoms with Crippen molar-refractivity contribution in [2.45, 2.75) is 18.9 Å². The SMILES string of the molecule is CN1C(=O)NC(c2ccc(NC(=O)CCc3ccccc3)cc2)C1=O. The lowest BCUT2D eigenvalue weighted by molar-refractivity contribution is -0.126. The van der Waals surface area contributed by atoms with Crippen molar-refractivity contribution in [1.29, 1.82) is 0 Å². The van der Waals surface area contributed by atoms with Crippen LogP contribution in [-0.4, -0.2) is 29.8 Å². The number of hydrogen-bond acceptors (Lipinski definition) is 3. The summed E-state index contributed by atoms with van der Waals surface area (Å²) in [5.74, 6) is -0.355. The van der Waals surface area contributed by atoms with E-state index in [1.54, 1.807) is 24.3 Å². The molecule has 0 aliphatic carbocycles. The Balaban J connectivity index is 1.56. The molecule has 0 bridgehead atoms. The van der Waals surface area contributed by atoms with Gasteiger partial charge in [0.2, 0.25) is 5.91 Å². The minimum Gasteiger partial charge on any atom is -0.326 e. The molecule has 0 spiro atoms. The predicted molar refractivity (Wildman–Crippen MR) is 93.9 cm³/mol. The lowest BCUT2D eigenvalue weighted by Gasteiger charge is -2.10. The number of likely N-dealkylation sites (N-methyl/N-ethyl adjacent to an activating group) is 1. The van der Waals surface area contributed by atoms with Crippen molar-refractivity contribution in [3.8, 4) is 0 Å². The second-order valence-corrected chi connectivity index (χ2v) is 5.94. The number of rotatable bonds is 5. The molecule has 6 nitrogen and oxygen atoms in total. The van der Waals surface area contributed by atoms with Crippen LogP contribution in [0.1, 0.15) is 23.6 Å². The molecule has 0 radical (unpaired) electrons. The van der Waals surface area contributed by atoms with Crippen molar-refractivity contribution in [3.05, 3.63) is 65.7 Å². The van der Waals surface area contributed by atoms with E-state index in [1.807, 2.05) is 30.3 Å². The first-order valence-electron chi connectivity index (χ1n) is 8.06. The number of carbonyl (C=O) groups is 3. The van der Waals surface area contributed by atoms with E-state index < -0.39 is 12.1 Å². The second kappa shape index (κ2) is 7.17. The molecule has 1 aliphatic heterocycles. The summed E-state index contributed by atoms with van der Waals surface area (Å²) in [6.45, 7) is 0. The Kier molecular flexibility index (Phi) is 4.79. The second-order valence-electron chi connectivity index (χ2n) is 5.94. The minimum absolute atomic E-state index is 0.0680. The Morgan fingerprint density at radius 1 is 1.08 bits per heavy atom. The summed E-state index contributed by atoms with van der Waals surface area (Å²) in [7, 11) is 1.44. The lowest BCUT2D eigenvalue weighted by Crippen LogP contribution is -2.25. The van der Waals surface area contributed by atoms with E-state index >= 15 is 0 Å². The third kappa shape index (κ3) is 3.85. The van der Waals surface area contributed by atoms with E-state index in [-0.39, 0.29) is 11.8 Å². The first-order valence-corrected chi connectivity index (χ1v) is 8.06. The maximum atomic E-state index is 12.0. The van der Waals surface area contributed by atoms with Gasteiger partial charge in [-0.3, -0.25) is 14.5 Å². The van der Waals surface area contributed by atoms with Gasteiger partial charge in [-0.05, 0) is 29.7 Å². The molecule has 0 aromatic heterocycles. The molecule has 0 saturated carbocycles. The quantitative estimate of drug-likeness (QED) is 0.823. The topological polar surface area (TPSA) is 78.5 Å². The molecule has 1 fully saturated rings. The molecular weight excluding hydrogens is 318 g/mol. The van der Waals surface area contributed by atoms with Gasteiger partial charge in [-0.25, -0.2) is 4.79 Å². The highest BCUT2D eigenvalue weighted by Gasteiger charge is 2.36. The number of aryl methyl sites for hydroxylation is 1. The average molecular weight is 337 g/mol. The number of imide groups is 1. The standard InChI is InChI=1S/C19H19N3O3/c1-22-18(24)17(21-19(22)25)14-8-10-15(11-9-14)20-16(23)12-7-13-5-3-2-4-6-13/h2-6,8-11,17H,7,12H2,1H3,(H,20,23)(H,21,25). The number of carbonyl (C=O) groups excluding carboxylic acids is 3. The number of urea groups is 1. The first kappa shape index (κ1) is 16.7. The third-order valence-electron chi connectivity index (χ3n) is 4.16. The fraction of sp³-hybridized carbons (Fsp3) is 0.211. The maximum Gasteiger partial charge on any atom is 0.324 e. The third-order valence-corrected chi connectivity index (χ3v) is 4.16. The van der Waals surface area contributed by atoms with Crippen LogP contribution in [0.4, 0.5) is 10.5 Å². The zero-order chi connectivity index (χ0) is 17.8. The van der Waals surface area contributed by atoms with Crippen molar-refractivity contribution in [3.63, 3.8) is 0 Å². The van der Waals surface area contributed by atoms with Crippen LogP contribution in [0, 0.1) is 0 Å². The highest BCUT2D eigenvalue weighted by Crippen LogP contribution is 2.22. The van der Waals surface area contributed by atoms with E-state index in [1.165, 1.54) is 7.05 Å². The van der Waals surface area contributed by atoms with Gasteiger partial charge in [-0.15, -0.1) is 0 Å². The van der Waals surface area contributed by atoms with E-state index in [0.717, 1.165) is 10.5 Å². The van der Waals surface area contributed by atoms with E-state index in [4.69, 9.17) is 0 Å². The summed E-state index contributed by atoms with van der Waals surface area (Å²) in [4.78, 5) is 36.6. The van der Waals surface area contributed by atoms with Crippen molar-refractivity contribution in [1.82, 2.24) is 10.2 Å². The molecule has 2 N–H and O–H groups in total. The van der Waals surface area contributed by atoms with Crippen molar-refractivity contribution < 1.29 is 14.4 Å². The number of nitrogens with zero attached hydrogens (tertiary/aromatic N) is 1. The van der Waals surface area contributed by atoms with Crippen molar-refractivity contribution in [2.24, 2.45) is 0 Å². The Bertz CT molecular complexity index is 787. The van der Waals surface area contributed by atoms with Crippen LogP contribution >= 0.6 is 0 Å². The molecule has 3 rings (SSSR count). The van der Waals surface area contributed by atoms with Crippen molar-refractivity contribution >= 4 is 23.5 Å². The van der Waals surface area contributed by atoms with Gasteiger partial charge in [-0.2, -0.15) is 0 Å².